The minimum Gasteiger partial charge on any atom is -0.354 e. The van der Waals surface area contributed by atoms with Crippen molar-refractivity contribution in [3.63, 3.8) is 0 Å². The molecule has 4 aromatic rings. The quantitative estimate of drug-likeness (QED) is 0.179. The molecule has 4 rings (SSSR count). The molecule has 0 aliphatic heterocycles. The summed E-state index contributed by atoms with van der Waals surface area (Å²) in [6.07, 6.45) is 1.86. The van der Waals surface area contributed by atoms with Crippen molar-refractivity contribution in [3.05, 3.63) is 132 Å². The van der Waals surface area contributed by atoms with Crippen LogP contribution in [0.1, 0.15) is 36.5 Å². The molecule has 0 spiro atoms. The van der Waals surface area contributed by atoms with E-state index in [1.165, 1.54) is 35.2 Å². The fourth-order valence-corrected chi connectivity index (χ4v) is 6.40. The molecule has 1 N–H and O–H groups in total. The van der Waals surface area contributed by atoms with Crippen LogP contribution in [0.15, 0.2) is 114 Å². The highest BCUT2D eigenvalue weighted by Crippen LogP contribution is 2.27. The third kappa shape index (κ3) is 8.32. The van der Waals surface area contributed by atoms with Gasteiger partial charge in [-0.05, 0) is 48.7 Å². The molecule has 230 valence electrons. The van der Waals surface area contributed by atoms with Gasteiger partial charge in [-0.3, -0.25) is 13.9 Å². The van der Waals surface area contributed by atoms with Crippen LogP contribution in [0, 0.1) is 12.7 Å². The molecule has 0 bridgehead atoms. The Morgan fingerprint density at radius 2 is 1.48 bits per heavy atom. The summed E-state index contributed by atoms with van der Waals surface area (Å²) in [5.74, 6) is -1.77. The first-order valence-electron chi connectivity index (χ1n) is 14.7. The third-order valence-corrected chi connectivity index (χ3v) is 9.04. The first-order valence-corrected chi connectivity index (χ1v) is 16.1. The molecular formula is C35H38FN3O4S. The first kappa shape index (κ1) is 32.4. The lowest BCUT2D eigenvalue weighted by molar-refractivity contribution is -0.140. The van der Waals surface area contributed by atoms with Crippen LogP contribution in [-0.4, -0.2) is 44.3 Å². The van der Waals surface area contributed by atoms with Crippen molar-refractivity contribution >= 4 is 27.5 Å². The van der Waals surface area contributed by atoms with Gasteiger partial charge in [0.05, 0.1) is 10.6 Å². The topological polar surface area (TPSA) is 86.8 Å². The summed E-state index contributed by atoms with van der Waals surface area (Å²) in [7, 11) is -4.36. The maximum absolute atomic E-state index is 15.2. The molecule has 0 fully saturated rings. The van der Waals surface area contributed by atoms with Crippen LogP contribution < -0.4 is 9.62 Å². The summed E-state index contributed by atoms with van der Waals surface area (Å²) in [6, 6.07) is 29.0. The molecule has 44 heavy (non-hydrogen) atoms. The summed E-state index contributed by atoms with van der Waals surface area (Å²) in [5.41, 5.74) is 2.34. The van der Waals surface area contributed by atoms with Crippen molar-refractivity contribution in [2.45, 2.75) is 50.6 Å². The van der Waals surface area contributed by atoms with Gasteiger partial charge in [0.1, 0.15) is 18.4 Å². The van der Waals surface area contributed by atoms with Crippen molar-refractivity contribution in [2.24, 2.45) is 0 Å². The monoisotopic (exact) mass is 615 g/mol. The van der Waals surface area contributed by atoms with E-state index >= 15 is 4.39 Å². The molecule has 1 atom stereocenters. The van der Waals surface area contributed by atoms with E-state index in [1.807, 2.05) is 68.4 Å². The summed E-state index contributed by atoms with van der Waals surface area (Å²) in [5, 5.41) is 2.96. The van der Waals surface area contributed by atoms with Crippen LogP contribution >= 0.6 is 0 Å². The second kappa shape index (κ2) is 15.3. The second-order valence-electron chi connectivity index (χ2n) is 10.6. The average molecular weight is 616 g/mol. The molecule has 0 aliphatic carbocycles. The summed E-state index contributed by atoms with van der Waals surface area (Å²) < 4.78 is 43.8. The largest absolute Gasteiger partial charge is 0.354 e. The number of nitrogens with zero attached hydrogens (tertiary/aromatic N) is 2. The second-order valence-corrected chi connectivity index (χ2v) is 12.5. The highest BCUT2D eigenvalue weighted by atomic mass is 32.2. The van der Waals surface area contributed by atoms with E-state index in [0.29, 0.717) is 6.54 Å². The van der Waals surface area contributed by atoms with Crippen LogP contribution in [0.2, 0.25) is 0 Å². The van der Waals surface area contributed by atoms with Gasteiger partial charge in [-0.2, -0.15) is 0 Å². The summed E-state index contributed by atoms with van der Waals surface area (Å²) in [6.45, 7) is 3.73. The third-order valence-electron chi connectivity index (χ3n) is 7.27. The van der Waals surface area contributed by atoms with E-state index in [0.717, 1.165) is 39.9 Å². The number of halogens is 1. The first-order chi connectivity index (χ1) is 21.2. The zero-order valence-corrected chi connectivity index (χ0v) is 25.8. The lowest BCUT2D eigenvalue weighted by Gasteiger charge is -2.34. The Morgan fingerprint density at radius 1 is 0.841 bits per heavy atom. The van der Waals surface area contributed by atoms with E-state index < -0.39 is 34.3 Å². The van der Waals surface area contributed by atoms with Crippen molar-refractivity contribution in [2.75, 3.05) is 17.4 Å². The average Bonchev–Trinajstić information content (AvgIpc) is 3.03. The van der Waals surface area contributed by atoms with Crippen LogP contribution in [0.3, 0.4) is 0 Å². The molecule has 0 aliphatic rings. The van der Waals surface area contributed by atoms with E-state index in [2.05, 4.69) is 5.32 Å². The fraction of sp³-hybridized carbons (Fsp3) is 0.257. The maximum atomic E-state index is 15.2. The molecule has 0 radical (unpaired) electrons. The lowest BCUT2D eigenvalue weighted by Crippen LogP contribution is -2.53. The van der Waals surface area contributed by atoms with Crippen molar-refractivity contribution < 1.29 is 22.4 Å². The number of amides is 2. The SMILES string of the molecule is CCCCNC(=O)[C@@H](Cc1ccccc1)N(Cc1cccc(C)c1)C(=O)CN(c1ccccc1F)S(=O)(=O)c1ccccc1. The number of anilines is 1. The summed E-state index contributed by atoms with van der Waals surface area (Å²) >= 11 is 0. The zero-order chi connectivity index (χ0) is 31.5. The number of rotatable bonds is 14. The smallest absolute Gasteiger partial charge is 0.264 e. The highest BCUT2D eigenvalue weighted by Gasteiger charge is 2.35. The van der Waals surface area contributed by atoms with Gasteiger partial charge < -0.3 is 10.2 Å². The number of carbonyl (C=O) groups is 2. The summed E-state index contributed by atoms with van der Waals surface area (Å²) in [4.78, 5) is 29.5. The van der Waals surface area contributed by atoms with E-state index in [1.54, 1.807) is 18.2 Å². The minimum absolute atomic E-state index is 0.0513. The number of sulfonamides is 1. The molecule has 7 nitrogen and oxygen atoms in total. The van der Waals surface area contributed by atoms with Crippen molar-refractivity contribution in [1.29, 1.82) is 0 Å². The number of hydrogen-bond acceptors (Lipinski definition) is 4. The Balaban J connectivity index is 1.79. The Morgan fingerprint density at radius 3 is 2.14 bits per heavy atom. The number of aryl methyl sites for hydroxylation is 1. The molecule has 4 aromatic carbocycles. The highest BCUT2D eigenvalue weighted by molar-refractivity contribution is 7.92. The Bertz CT molecular complexity index is 1650. The van der Waals surface area contributed by atoms with Gasteiger partial charge in [0.15, 0.2) is 0 Å². The van der Waals surface area contributed by atoms with Crippen LogP contribution in [-0.2, 0) is 32.6 Å². The predicted octanol–water partition coefficient (Wildman–Crippen LogP) is 5.89. The van der Waals surface area contributed by atoms with Gasteiger partial charge in [-0.25, -0.2) is 12.8 Å². The number of carbonyl (C=O) groups excluding carboxylic acids is 2. The number of benzene rings is 4. The molecule has 0 aromatic heterocycles. The van der Waals surface area contributed by atoms with E-state index in [-0.39, 0.29) is 29.5 Å². The van der Waals surface area contributed by atoms with Crippen molar-refractivity contribution in [3.8, 4) is 0 Å². The Kier molecular flexibility index (Phi) is 11.3. The number of hydrogen-bond donors (Lipinski definition) is 1. The van der Waals surface area contributed by atoms with E-state index in [4.69, 9.17) is 0 Å². The normalized spacial score (nSPS) is 11.9. The standard InChI is InChI=1S/C35H38FN3O4S/c1-3-4-22-37-35(41)33(24-28-15-7-5-8-16-28)38(25-29-17-13-14-27(2)23-29)34(40)26-39(32-21-12-11-20-31(32)36)44(42,43)30-18-9-6-10-19-30/h5-21,23,33H,3-4,22,24-26H2,1-2H3,(H,37,41)/t33-/m1/s1. The lowest BCUT2D eigenvalue weighted by atomic mass is 10.0. The van der Waals surface area contributed by atoms with Gasteiger partial charge in [0, 0.05) is 19.5 Å². The van der Waals surface area contributed by atoms with Crippen LogP contribution in [0.4, 0.5) is 10.1 Å². The Labute approximate surface area is 259 Å². The number of para-hydroxylation sites is 1. The molecule has 2 amide bonds. The number of unbranched alkanes of at least 4 members (excludes halogenated alkanes) is 1. The van der Waals surface area contributed by atoms with Gasteiger partial charge in [0.25, 0.3) is 10.0 Å². The van der Waals surface area contributed by atoms with Gasteiger partial charge in [0.2, 0.25) is 11.8 Å². The van der Waals surface area contributed by atoms with Gasteiger partial charge >= 0.3 is 0 Å². The van der Waals surface area contributed by atoms with Crippen molar-refractivity contribution in [1.82, 2.24) is 10.2 Å². The molecule has 0 saturated heterocycles. The molecule has 0 heterocycles. The fourth-order valence-electron chi connectivity index (χ4n) is 4.95. The van der Waals surface area contributed by atoms with Crippen LogP contribution in [0.5, 0.6) is 0 Å². The maximum Gasteiger partial charge on any atom is 0.264 e. The molecule has 0 saturated carbocycles. The minimum atomic E-state index is -4.36. The molecule has 0 unspecified atom stereocenters. The molecular weight excluding hydrogens is 577 g/mol. The van der Waals surface area contributed by atoms with E-state index in [9.17, 15) is 18.0 Å². The predicted molar refractivity (Wildman–Crippen MR) is 171 cm³/mol. The Hall–Kier alpha value is -4.50. The van der Waals surface area contributed by atoms with Gasteiger partial charge in [-0.1, -0.05) is 104 Å². The number of nitrogens with one attached hydrogen (secondary N) is 1. The zero-order valence-electron chi connectivity index (χ0n) is 25.0. The van der Waals surface area contributed by atoms with Gasteiger partial charge in [-0.15, -0.1) is 0 Å². The molecule has 9 heteroatoms. The van der Waals surface area contributed by atoms with Crippen LogP contribution in [0.25, 0.3) is 0 Å².